The number of carboxylic acid groups (broad SMARTS) is 1. The second kappa shape index (κ2) is 34.6. The van der Waals surface area contributed by atoms with Crippen molar-refractivity contribution in [3.05, 3.63) is 24.3 Å². The Labute approximate surface area is 256 Å². The van der Waals surface area contributed by atoms with Crippen molar-refractivity contribution in [2.24, 2.45) is 0 Å². The van der Waals surface area contributed by atoms with Gasteiger partial charge in [-0.1, -0.05) is 181 Å². The highest BCUT2D eigenvalue weighted by Gasteiger charge is 2.03. The van der Waals surface area contributed by atoms with Crippen LogP contribution in [-0.4, -0.2) is 23.7 Å². The van der Waals surface area contributed by atoms with Crippen molar-refractivity contribution >= 4 is 11.9 Å². The third kappa shape index (κ3) is 36.4. The highest BCUT2D eigenvalue weighted by Crippen LogP contribution is 2.14. The smallest absolute Gasteiger partial charge is 0.333 e. The van der Waals surface area contributed by atoms with E-state index >= 15 is 0 Å². The SMILES string of the molecule is C=C(C)C(=O)OCCCCCCCCCCCCCCCCCC.C=C(CCCCCCCCCCCC)C(=O)O. The lowest BCUT2D eigenvalue weighted by Crippen LogP contribution is -2.05. The summed E-state index contributed by atoms with van der Waals surface area (Å²) < 4.78 is 5.08. The topological polar surface area (TPSA) is 63.6 Å². The molecule has 0 aliphatic rings. The van der Waals surface area contributed by atoms with E-state index in [2.05, 4.69) is 27.0 Å². The third-order valence-corrected chi connectivity index (χ3v) is 7.71. The average molecular weight is 579 g/mol. The van der Waals surface area contributed by atoms with Crippen LogP contribution >= 0.6 is 0 Å². The Kier molecular flexibility index (Phi) is 35.1. The van der Waals surface area contributed by atoms with Gasteiger partial charge in [0, 0.05) is 11.1 Å². The molecule has 0 aromatic heterocycles. The molecule has 0 spiro atoms. The summed E-state index contributed by atoms with van der Waals surface area (Å²) in [6.45, 7) is 13.9. The second-order valence-corrected chi connectivity index (χ2v) is 12.1. The molecule has 0 radical (unpaired) electrons. The van der Waals surface area contributed by atoms with E-state index in [0.717, 1.165) is 19.3 Å². The zero-order valence-electron chi connectivity index (χ0n) is 27.9. The summed E-state index contributed by atoms with van der Waals surface area (Å²) in [6, 6.07) is 0. The van der Waals surface area contributed by atoms with E-state index in [9.17, 15) is 9.59 Å². The molecule has 0 saturated heterocycles. The molecule has 0 fully saturated rings. The van der Waals surface area contributed by atoms with Gasteiger partial charge < -0.3 is 9.84 Å². The lowest BCUT2D eigenvalue weighted by Gasteiger charge is -2.05. The molecule has 0 aliphatic carbocycles. The van der Waals surface area contributed by atoms with Crippen molar-refractivity contribution < 1.29 is 19.4 Å². The number of ether oxygens (including phenoxy) is 1. The van der Waals surface area contributed by atoms with Crippen molar-refractivity contribution in [1.82, 2.24) is 0 Å². The fraction of sp³-hybridized carbons (Fsp3) is 0.838. The van der Waals surface area contributed by atoms with E-state index < -0.39 is 5.97 Å². The van der Waals surface area contributed by atoms with Crippen LogP contribution < -0.4 is 0 Å². The summed E-state index contributed by atoms with van der Waals surface area (Å²) in [5, 5.41) is 8.63. The zero-order chi connectivity index (χ0) is 30.8. The number of hydrogen-bond acceptors (Lipinski definition) is 3. The molecule has 242 valence electrons. The predicted octanol–water partition coefficient (Wildman–Crippen LogP) is 12.3. The maximum atomic E-state index is 11.2. The number of rotatable bonds is 30. The maximum absolute atomic E-state index is 11.2. The Morgan fingerprint density at radius 1 is 0.512 bits per heavy atom. The summed E-state index contributed by atoms with van der Waals surface area (Å²) in [5.74, 6) is -1.10. The minimum Gasteiger partial charge on any atom is -0.478 e. The first-order chi connectivity index (χ1) is 19.9. The van der Waals surface area contributed by atoms with Gasteiger partial charge in [-0.2, -0.15) is 0 Å². The van der Waals surface area contributed by atoms with E-state index in [1.54, 1.807) is 6.92 Å². The Balaban J connectivity index is 0. The molecule has 0 rings (SSSR count). The number of hydrogen-bond donors (Lipinski definition) is 1. The summed E-state index contributed by atoms with van der Waals surface area (Å²) in [4.78, 5) is 21.7. The molecule has 0 aliphatic heterocycles. The Bertz CT molecular complexity index is 610. The summed E-state index contributed by atoms with van der Waals surface area (Å²) in [6.07, 6.45) is 35.2. The van der Waals surface area contributed by atoms with Gasteiger partial charge in [0.1, 0.15) is 0 Å². The molecule has 0 bridgehead atoms. The van der Waals surface area contributed by atoms with Gasteiger partial charge >= 0.3 is 11.9 Å². The molecule has 4 nitrogen and oxygen atoms in total. The first-order valence-electron chi connectivity index (χ1n) is 17.6. The van der Waals surface area contributed by atoms with E-state index in [4.69, 9.17) is 9.84 Å². The third-order valence-electron chi connectivity index (χ3n) is 7.71. The first-order valence-corrected chi connectivity index (χ1v) is 17.6. The Morgan fingerprint density at radius 2 is 0.805 bits per heavy atom. The summed E-state index contributed by atoms with van der Waals surface area (Å²) >= 11 is 0. The number of carbonyl (C=O) groups is 2. The molecule has 1 N–H and O–H groups in total. The van der Waals surface area contributed by atoms with E-state index in [1.165, 1.54) is 148 Å². The van der Waals surface area contributed by atoms with Gasteiger partial charge in [0.25, 0.3) is 0 Å². The molecule has 0 atom stereocenters. The number of carbonyl (C=O) groups excluding carboxylic acids is 1. The largest absolute Gasteiger partial charge is 0.478 e. The van der Waals surface area contributed by atoms with Crippen LogP contribution in [0.2, 0.25) is 0 Å². The molecule has 41 heavy (non-hydrogen) atoms. The number of aliphatic carboxylic acids is 1. The van der Waals surface area contributed by atoms with Crippen molar-refractivity contribution in [2.75, 3.05) is 6.61 Å². The molecule has 0 aromatic carbocycles. The molecular weight excluding hydrogens is 508 g/mol. The summed E-state index contributed by atoms with van der Waals surface area (Å²) in [5.41, 5.74) is 0.844. The van der Waals surface area contributed by atoms with Gasteiger partial charge in [0.05, 0.1) is 6.61 Å². The lowest BCUT2D eigenvalue weighted by molar-refractivity contribution is -0.139. The van der Waals surface area contributed by atoms with Crippen LogP contribution in [0.3, 0.4) is 0 Å². The van der Waals surface area contributed by atoms with Gasteiger partial charge in [0.15, 0.2) is 0 Å². The zero-order valence-corrected chi connectivity index (χ0v) is 27.9. The quantitative estimate of drug-likeness (QED) is 0.0523. The number of unbranched alkanes of at least 4 members (excludes halogenated alkanes) is 24. The lowest BCUT2D eigenvalue weighted by atomic mass is 10.0. The van der Waals surface area contributed by atoms with Gasteiger partial charge in [-0.05, 0) is 26.2 Å². The standard InChI is InChI=1S/C22H42O2.C15H28O2/c1-4-5-6-7-8-9-10-11-12-13-14-15-16-17-18-19-20-24-22(23)21(2)3;1-3-4-5-6-7-8-9-10-11-12-13-14(2)15(16)17/h2,4-20H2,1,3H3;2-13H2,1H3,(H,16,17). The fourth-order valence-electron chi connectivity index (χ4n) is 4.87. The number of esters is 1. The van der Waals surface area contributed by atoms with Crippen LogP contribution in [0.4, 0.5) is 0 Å². The van der Waals surface area contributed by atoms with E-state index in [-0.39, 0.29) is 5.97 Å². The molecule has 0 unspecified atom stereocenters. The van der Waals surface area contributed by atoms with E-state index in [0.29, 0.717) is 24.2 Å². The molecule has 0 heterocycles. The monoisotopic (exact) mass is 579 g/mol. The van der Waals surface area contributed by atoms with Crippen LogP contribution in [0.15, 0.2) is 24.3 Å². The van der Waals surface area contributed by atoms with Gasteiger partial charge in [-0.25, -0.2) is 9.59 Å². The molecule has 0 saturated carbocycles. The molecule has 4 heteroatoms. The highest BCUT2D eigenvalue weighted by molar-refractivity contribution is 5.86. The van der Waals surface area contributed by atoms with Gasteiger partial charge in [-0.15, -0.1) is 0 Å². The second-order valence-electron chi connectivity index (χ2n) is 12.1. The van der Waals surface area contributed by atoms with Crippen molar-refractivity contribution in [1.29, 1.82) is 0 Å². The minimum atomic E-state index is -0.846. The summed E-state index contributed by atoms with van der Waals surface area (Å²) in [7, 11) is 0. The first kappa shape index (κ1) is 41.6. The van der Waals surface area contributed by atoms with Crippen LogP contribution in [0.5, 0.6) is 0 Å². The minimum absolute atomic E-state index is 0.254. The predicted molar refractivity (Wildman–Crippen MR) is 179 cm³/mol. The molecule has 0 aromatic rings. The van der Waals surface area contributed by atoms with Crippen LogP contribution in [-0.2, 0) is 14.3 Å². The molecule has 0 amide bonds. The maximum Gasteiger partial charge on any atom is 0.333 e. The Morgan fingerprint density at radius 3 is 1.10 bits per heavy atom. The van der Waals surface area contributed by atoms with Crippen LogP contribution in [0.25, 0.3) is 0 Å². The highest BCUT2D eigenvalue weighted by atomic mass is 16.5. The van der Waals surface area contributed by atoms with Gasteiger partial charge in [-0.3, -0.25) is 0 Å². The van der Waals surface area contributed by atoms with Crippen LogP contribution in [0.1, 0.15) is 194 Å². The Hall–Kier alpha value is -1.58. The van der Waals surface area contributed by atoms with Crippen molar-refractivity contribution in [2.45, 2.75) is 194 Å². The van der Waals surface area contributed by atoms with Crippen molar-refractivity contribution in [3.8, 4) is 0 Å². The average Bonchev–Trinajstić information content (AvgIpc) is 2.95. The van der Waals surface area contributed by atoms with E-state index in [1.807, 2.05) is 0 Å². The fourth-order valence-corrected chi connectivity index (χ4v) is 4.87. The molecular formula is C37H70O4. The van der Waals surface area contributed by atoms with Crippen molar-refractivity contribution in [3.63, 3.8) is 0 Å². The van der Waals surface area contributed by atoms with Crippen LogP contribution in [0, 0.1) is 0 Å². The number of carboxylic acids is 1. The van der Waals surface area contributed by atoms with Gasteiger partial charge in [0.2, 0.25) is 0 Å². The normalized spacial score (nSPS) is 10.6.